The SMILES string of the molecule is CCCC1CC(C)C(C(=O)O)C1C(=O)O. The quantitative estimate of drug-likeness (QED) is 0.748. The molecular weight excluding hydrogens is 196 g/mol. The first-order chi connectivity index (χ1) is 6.99. The summed E-state index contributed by atoms with van der Waals surface area (Å²) in [6, 6.07) is 0. The molecule has 1 aliphatic carbocycles. The third kappa shape index (κ3) is 2.30. The van der Waals surface area contributed by atoms with Crippen molar-refractivity contribution in [3.63, 3.8) is 0 Å². The number of hydrogen-bond donors (Lipinski definition) is 2. The summed E-state index contributed by atoms with van der Waals surface area (Å²) >= 11 is 0. The van der Waals surface area contributed by atoms with Gasteiger partial charge in [0.05, 0.1) is 11.8 Å². The van der Waals surface area contributed by atoms with Gasteiger partial charge in [-0.2, -0.15) is 0 Å². The van der Waals surface area contributed by atoms with Gasteiger partial charge in [-0.25, -0.2) is 0 Å². The van der Waals surface area contributed by atoms with Crippen LogP contribution in [0.5, 0.6) is 0 Å². The van der Waals surface area contributed by atoms with Gasteiger partial charge in [-0.15, -0.1) is 0 Å². The van der Waals surface area contributed by atoms with E-state index in [0.29, 0.717) is 0 Å². The number of rotatable bonds is 4. The minimum absolute atomic E-state index is 0.0276. The zero-order chi connectivity index (χ0) is 11.6. The Balaban J connectivity index is 2.87. The molecule has 0 amide bonds. The van der Waals surface area contributed by atoms with E-state index in [0.717, 1.165) is 19.3 Å². The van der Waals surface area contributed by atoms with Crippen molar-refractivity contribution in [2.75, 3.05) is 0 Å². The van der Waals surface area contributed by atoms with Crippen LogP contribution in [0, 0.1) is 23.7 Å². The Labute approximate surface area is 89.3 Å². The molecule has 15 heavy (non-hydrogen) atoms. The summed E-state index contributed by atoms with van der Waals surface area (Å²) in [4.78, 5) is 22.1. The van der Waals surface area contributed by atoms with Crippen molar-refractivity contribution in [1.82, 2.24) is 0 Å². The van der Waals surface area contributed by atoms with E-state index in [1.165, 1.54) is 0 Å². The van der Waals surface area contributed by atoms with E-state index in [4.69, 9.17) is 10.2 Å². The number of carboxylic acid groups (broad SMARTS) is 2. The van der Waals surface area contributed by atoms with Crippen LogP contribution in [0.15, 0.2) is 0 Å². The first-order valence-corrected chi connectivity index (χ1v) is 5.44. The molecule has 4 nitrogen and oxygen atoms in total. The van der Waals surface area contributed by atoms with E-state index in [2.05, 4.69) is 0 Å². The molecule has 86 valence electrons. The molecule has 0 radical (unpaired) electrons. The molecule has 4 atom stereocenters. The molecule has 0 aromatic rings. The lowest BCUT2D eigenvalue weighted by molar-refractivity contribution is -0.154. The minimum Gasteiger partial charge on any atom is -0.481 e. The van der Waals surface area contributed by atoms with Gasteiger partial charge in [-0.05, 0) is 24.7 Å². The van der Waals surface area contributed by atoms with E-state index in [1.807, 2.05) is 13.8 Å². The largest absolute Gasteiger partial charge is 0.481 e. The molecule has 0 aromatic heterocycles. The van der Waals surface area contributed by atoms with Gasteiger partial charge in [0.2, 0.25) is 0 Å². The van der Waals surface area contributed by atoms with Crippen molar-refractivity contribution in [3.05, 3.63) is 0 Å². The maximum absolute atomic E-state index is 11.1. The molecular formula is C11H18O4. The molecule has 0 heterocycles. The maximum Gasteiger partial charge on any atom is 0.307 e. The molecule has 0 aliphatic heterocycles. The Kier molecular flexibility index (Phi) is 3.72. The van der Waals surface area contributed by atoms with Gasteiger partial charge in [0.15, 0.2) is 0 Å². The van der Waals surface area contributed by atoms with Crippen LogP contribution in [-0.4, -0.2) is 22.2 Å². The Bertz CT molecular complexity index is 261. The van der Waals surface area contributed by atoms with Crippen molar-refractivity contribution in [2.45, 2.75) is 33.1 Å². The van der Waals surface area contributed by atoms with Crippen molar-refractivity contribution in [3.8, 4) is 0 Å². The first-order valence-electron chi connectivity index (χ1n) is 5.44. The van der Waals surface area contributed by atoms with Crippen LogP contribution in [0.4, 0.5) is 0 Å². The minimum atomic E-state index is -0.964. The fraction of sp³-hybridized carbons (Fsp3) is 0.818. The van der Waals surface area contributed by atoms with Crippen molar-refractivity contribution >= 4 is 11.9 Å². The second kappa shape index (κ2) is 4.64. The second-order valence-electron chi connectivity index (χ2n) is 4.49. The molecule has 4 unspecified atom stereocenters. The summed E-state index contributed by atoms with van der Waals surface area (Å²) in [5.41, 5.74) is 0. The van der Waals surface area contributed by atoms with E-state index in [-0.39, 0.29) is 11.8 Å². The summed E-state index contributed by atoms with van der Waals surface area (Å²) in [6.45, 7) is 3.84. The van der Waals surface area contributed by atoms with Gasteiger partial charge in [-0.1, -0.05) is 20.3 Å². The van der Waals surface area contributed by atoms with Gasteiger partial charge in [-0.3, -0.25) is 9.59 Å². The van der Waals surface area contributed by atoms with Gasteiger partial charge in [0.1, 0.15) is 0 Å². The van der Waals surface area contributed by atoms with Crippen LogP contribution in [0.2, 0.25) is 0 Å². The Morgan fingerprint density at radius 1 is 1.20 bits per heavy atom. The number of carbonyl (C=O) groups is 2. The van der Waals surface area contributed by atoms with Gasteiger partial charge in [0, 0.05) is 0 Å². The summed E-state index contributed by atoms with van der Waals surface area (Å²) in [7, 11) is 0. The summed E-state index contributed by atoms with van der Waals surface area (Å²) in [5, 5.41) is 18.1. The fourth-order valence-corrected chi connectivity index (χ4v) is 2.84. The molecule has 4 heteroatoms. The predicted octanol–water partition coefficient (Wildman–Crippen LogP) is 1.84. The molecule has 1 aliphatic rings. The molecule has 0 bridgehead atoms. The van der Waals surface area contributed by atoms with Gasteiger partial charge < -0.3 is 10.2 Å². The lowest BCUT2D eigenvalue weighted by Gasteiger charge is -2.18. The topological polar surface area (TPSA) is 74.6 Å². The van der Waals surface area contributed by atoms with E-state index in [1.54, 1.807) is 0 Å². The third-order valence-corrected chi connectivity index (χ3v) is 3.41. The van der Waals surface area contributed by atoms with E-state index >= 15 is 0 Å². The highest BCUT2D eigenvalue weighted by molar-refractivity contribution is 5.81. The number of aliphatic carboxylic acids is 2. The molecule has 1 fully saturated rings. The molecule has 0 spiro atoms. The highest BCUT2D eigenvalue weighted by Gasteiger charge is 2.48. The highest BCUT2D eigenvalue weighted by Crippen LogP contribution is 2.43. The average Bonchev–Trinajstić information content (AvgIpc) is 2.42. The summed E-state index contributed by atoms with van der Waals surface area (Å²) in [5.74, 6) is -3.32. The molecule has 1 rings (SSSR count). The van der Waals surface area contributed by atoms with Gasteiger partial charge >= 0.3 is 11.9 Å². The maximum atomic E-state index is 11.1. The third-order valence-electron chi connectivity index (χ3n) is 3.41. The van der Waals surface area contributed by atoms with Crippen LogP contribution in [0.25, 0.3) is 0 Å². The molecule has 0 aromatic carbocycles. The van der Waals surface area contributed by atoms with Crippen LogP contribution in [0.3, 0.4) is 0 Å². The summed E-state index contributed by atoms with van der Waals surface area (Å²) < 4.78 is 0. The normalized spacial score (nSPS) is 35.3. The zero-order valence-electron chi connectivity index (χ0n) is 9.14. The lowest BCUT2D eigenvalue weighted by atomic mass is 9.86. The van der Waals surface area contributed by atoms with Crippen LogP contribution < -0.4 is 0 Å². The van der Waals surface area contributed by atoms with Gasteiger partial charge in [0.25, 0.3) is 0 Å². The van der Waals surface area contributed by atoms with E-state index in [9.17, 15) is 9.59 Å². The average molecular weight is 214 g/mol. The van der Waals surface area contributed by atoms with Crippen molar-refractivity contribution in [1.29, 1.82) is 0 Å². The highest BCUT2D eigenvalue weighted by atomic mass is 16.4. The Morgan fingerprint density at radius 2 is 1.73 bits per heavy atom. The van der Waals surface area contributed by atoms with Crippen molar-refractivity contribution < 1.29 is 19.8 Å². The number of hydrogen-bond acceptors (Lipinski definition) is 2. The Hall–Kier alpha value is -1.06. The molecule has 1 saturated carbocycles. The summed E-state index contributed by atoms with van der Waals surface area (Å²) in [6.07, 6.45) is 2.44. The zero-order valence-corrected chi connectivity index (χ0v) is 9.14. The fourth-order valence-electron chi connectivity index (χ4n) is 2.84. The smallest absolute Gasteiger partial charge is 0.307 e. The van der Waals surface area contributed by atoms with Crippen LogP contribution in [-0.2, 0) is 9.59 Å². The lowest BCUT2D eigenvalue weighted by Crippen LogP contribution is -2.31. The molecule has 0 saturated heterocycles. The van der Waals surface area contributed by atoms with Crippen LogP contribution >= 0.6 is 0 Å². The van der Waals surface area contributed by atoms with Crippen molar-refractivity contribution in [2.24, 2.45) is 23.7 Å². The Morgan fingerprint density at radius 3 is 2.13 bits per heavy atom. The number of carboxylic acids is 2. The molecule has 2 N–H and O–H groups in total. The van der Waals surface area contributed by atoms with E-state index < -0.39 is 23.8 Å². The monoisotopic (exact) mass is 214 g/mol. The predicted molar refractivity (Wildman–Crippen MR) is 54.4 cm³/mol. The second-order valence-corrected chi connectivity index (χ2v) is 4.49. The first kappa shape index (κ1) is 12.0. The van der Waals surface area contributed by atoms with Crippen LogP contribution in [0.1, 0.15) is 33.1 Å². The standard InChI is InChI=1S/C11H18O4/c1-3-4-7-5-6(2)8(10(12)13)9(7)11(14)15/h6-9H,3-5H2,1-2H3,(H,12,13)(H,14,15).